The van der Waals surface area contributed by atoms with Gasteiger partial charge in [-0.1, -0.05) is 229 Å². The molecule has 0 saturated carbocycles. The molecule has 9 nitrogen and oxygen atoms in total. The lowest BCUT2D eigenvalue weighted by atomic mass is 9.99. The first-order chi connectivity index (χ1) is 31.3. The van der Waals surface area contributed by atoms with Gasteiger partial charge in [-0.3, -0.25) is 4.79 Å². The van der Waals surface area contributed by atoms with Crippen molar-refractivity contribution in [2.24, 2.45) is 0 Å². The van der Waals surface area contributed by atoms with Crippen molar-refractivity contribution in [2.45, 2.75) is 281 Å². The number of aliphatic hydroxyl groups excluding tert-OH is 5. The molecule has 64 heavy (non-hydrogen) atoms. The van der Waals surface area contributed by atoms with Gasteiger partial charge in [-0.05, 0) is 51.4 Å². The van der Waals surface area contributed by atoms with E-state index in [-0.39, 0.29) is 12.5 Å². The first-order valence-electron chi connectivity index (χ1n) is 26.8. The van der Waals surface area contributed by atoms with Crippen molar-refractivity contribution in [3.8, 4) is 0 Å². The van der Waals surface area contributed by atoms with Crippen LogP contribution in [0.25, 0.3) is 0 Å². The molecule has 0 aromatic rings. The van der Waals surface area contributed by atoms with Gasteiger partial charge in [0, 0.05) is 6.42 Å². The van der Waals surface area contributed by atoms with E-state index in [9.17, 15) is 30.3 Å². The molecule has 7 atom stereocenters. The van der Waals surface area contributed by atoms with Crippen LogP contribution in [-0.2, 0) is 14.3 Å². The van der Waals surface area contributed by atoms with Crippen LogP contribution in [-0.4, -0.2) is 87.5 Å². The second-order valence-corrected chi connectivity index (χ2v) is 18.6. The van der Waals surface area contributed by atoms with Gasteiger partial charge < -0.3 is 40.3 Å². The first kappa shape index (κ1) is 60.2. The number of amides is 1. The summed E-state index contributed by atoms with van der Waals surface area (Å²) in [7, 11) is 0. The summed E-state index contributed by atoms with van der Waals surface area (Å²) in [6.07, 6.45) is 51.2. The lowest BCUT2D eigenvalue weighted by Crippen LogP contribution is -2.60. The average molecular weight is 904 g/mol. The van der Waals surface area contributed by atoms with Crippen LogP contribution in [0, 0.1) is 0 Å². The molecule has 1 fully saturated rings. The highest BCUT2D eigenvalue weighted by atomic mass is 16.7. The lowest BCUT2D eigenvalue weighted by molar-refractivity contribution is -0.302. The Hall–Kier alpha value is -1.85. The monoisotopic (exact) mass is 904 g/mol. The minimum Gasteiger partial charge on any atom is -0.394 e. The Labute approximate surface area is 393 Å². The van der Waals surface area contributed by atoms with Gasteiger partial charge in [0.1, 0.15) is 24.4 Å². The minimum atomic E-state index is -1.55. The van der Waals surface area contributed by atoms with Crippen LogP contribution in [0.2, 0.25) is 0 Å². The number of carbonyl (C=O) groups is 1. The highest BCUT2D eigenvalue weighted by Crippen LogP contribution is 2.23. The Morgan fingerprint density at radius 1 is 0.547 bits per heavy atom. The van der Waals surface area contributed by atoms with Crippen LogP contribution >= 0.6 is 0 Å². The number of rotatable bonds is 45. The third-order valence-corrected chi connectivity index (χ3v) is 12.7. The number of allylic oxidation sites excluding steroid dienone is 8. The van der Waals surface area contributed by atoms with Crippen molar-refractivity contribution in [1.82, 2.24) is 5.32 Å². The summed E-state index contributed by atoms with van der Waals surface area (Å²) in [6.45, 7) is 3.74. The van der Waals surface area contributed by atoms with E-state index < -0.39 is 49.5 Å². The maximum atomic E-state index is 13.0. The maximum absolute atomic E-state index is 13.0. The van der Waals surface area contributed by atoms with Gasteiger partial charge in [-0.25, -0.2) is 0 Å². The van der Waals surface area contributed by atoms with Crippen molar-refractivity contribution >= 4 is 5.91 Å². The third-order valence-electron chi connectivity index (χ3n) is 12.7. The van der Waals surface area contributed by atoms with Gasteiger partial charge in [-0.2, -0.15) is 0 Å². The first-order valence-corrected chi connectivity index (χ1v) is 26.8. The standard InChI is InChI=1S/C55H101NO8/c1-3-5-7-9-11-13-15-17-19-21-23-24-25-26-27-29-31-33-35-37-39-41-43-45-51(59)56-48(47-63-55-54(62)53(61)52(60)50(46-57)64-55)49(58)44-42-40-38-36-34-32-30-28-22-20-18-16-14-12-10-8-6-4-2/h5,7,11,13,17,19,23-24,48-50,52-55,57-58,60-62H,3-4,6,8-10,12,14-16,18,20-22,25-47H2,1-2H3,(H,56,59)/b7-5-,13-11-,19-17-,24-23-. The van der Waals surface area contributed by atoms with E-state index in [1.807, 2.05) is 0 Å². The molecular weight excluding hydrogens is 803 g/mol. The van der Waals surface area contributed by atoms with Crippen LogP contribution in [0.15, 0.2) is 48.6 Å². The molecule has 374 valence electrons. The van der Waals surface area contributed by atoms with Gasteiger partial charge in [0.05, 0.1) is 25.4 Å². The van der Waals surface area contributed by atoms with Crippen molar-refractivity contribution < 1.29 is 39.8 Å². The number of hydrogen-bond donors (Lipinski definition) is 6. The fraction of sp³-hybridized carbons (Fsp3) is 0.836. The Balaban J connectivity index is 2.25. The highest BCUT2D eigenvalue weighted by molar-refractivity contribution is 5.76. The average Bonchev–Trinajstić information content (AvgIpc) is 3.29. The molecular formula is C55H101NO8. The Morgan fingerprint density at radius 3 is 1.44 bits per heavy atom. The molecule has 1 aliphatic rings. The fourth-order valence-electron chi connectivity index (χ4n) is 8.45. The molecule has 0 aliphatic carbocycles. The van der Waals surface area contributed by atoms with Gasteiger partial charge >= 0.3 is 0 Å². The number of hydrogen-bond acceptors (Lipinski definition) is 8. The lowest BCUT2D eigenvalue weighted by Gasteiger charge is -2.40. The summed E-state index contributed by atoms with van der Waals surface area (Å²) in [6, 6.07) is -0.723. The van der Waals surface area contributed by atoms with E-state index in [2.05, 4.69) is 67.8 Å². The Kier molecular flexibility index (Phi) is 42.3. The van der Waals surface area contributed by atoms with E-state index in [1.54, 1.807) is 0 Å². The Morgan fingerprint density at radius 2 is 0.969 bits per heavy atom. The molecule has 9 heteroatoms. The van der Waals surface area contributed by atoms with Gasteiger partial charge in [-0.15, -0.1) is 0 Å². The smallest absolute Gasteiger partial charge is 0.220 e. The van der Waals surface area contributed by atoms with Gasteiger partial charge in [0.2, 0.25) is 5.91 Å². The van der Waals surface area contributed by atoms with Crippen LogP contribution in [0.4, 0.5) is 0 Å². The number of nitrogens with one attached hydrogen (secondary N) is 1. The molecule has 0 aromatic heterocycles. The molecule has 0 bridgehead atoms. The van der Waals surface area contributed by atoms with Crippen LogP contribution < -0.4 is 5.32 Å². The van der Waals surface area contributed by atoms with Crippen molar-refractivity contribution in [1.29, 1.82) is 0 Å². The van der Waals surface area contributed by atoms with E-state index >= 15 is 0 Å². The van der Waals surface area contributed by atoms with Crippen LogP contribution in [0.5, 0.6) is 0 Å². The quantitative estimate of drug-likeness (QED) is 0.0261. The summed E-state index contributed by atoms with van der Waals surface area (Å²) < 4.78 is 11.3. The largest absolute Gasteiger partial charge is 0.394 e. The Bertz CT molecular complexity index is 1140. The highest BCUT2D eigenvalue weighted by Gasteiger charge is 2.44. The fourth-order valence-corrected chi connectivity index (χ4v) is 8.45. The minimum absolute atomic E-state index is 0.140. The molecule has 0 spiro atoms. The summed E-state index contributed by atoms with van der Waals surface area (Å²) in [5.41, 5.74) is 0. The number of aliphatic hydroxyl groups is 5. The molecule has 1 rings (SSSR count). The van der Waals surface area contributed by atoms with E-state index in [0.717, 1.165) is 70.6 Å². The molecule has 1 heterocycles. The number of ether oxygens (including phenoxy) is 2. The molecule has 1 amide bonds. The second kappa shape index (κ2) is 45.0. The predicted molar refractivity (Wildman–Crippen MR) is 267 cm³/mol. The molecule has 1 aliphatic heterocycles. The summed E-state index contributed by atoms with van der Waals surface area (Å²) in [5.74, 6) is -0.149. The molecule has 1 saturated heterocycles. The van der Waals surface area contributed by atoms with E-state index in [4.69, 9.17) is 9.47 Å². The van der Waals surface area contributed by atoms with Gasteiger partial charge in [0.25, 0.3) is 0 Å². The molecule has 6 N–H and O–H groups in total. The van der Waals surface area contributed by atoms with Gasteiger partial charge in [0.15, 0.2) is 6.29 Å². The third kappa shape index (κ3) is 34.5. The SMILES string of the molecule is CC/C=C\C/C=C\C/C=C\C/C=C\CCCCCCCCCCCCC(=O)NC(COC1OC(CO)C(O)C(O)C1O)C(O)CCCCCCCCCCCCCCCCCCCC. The summed E-state index contributed by atoms with van der Waals surface area (Å²) in [5, 5.41) is 54.6. The van der Waals surface area contributed by atoms with Crippen LogP contribution in [0.1, 0.15) is 239 Å². The predicted octanol–water partition coefficient (Wildman–Crippen LogP) is 12.6. The van der Waals surface area contributed by atoms with E-state index in [0.29, 0.717) is 12.8 Å². The summed E-state index contributed by atoms with van der Waals surface area (Å²) in [4.78, 5) is 13.0. The normalized spacial score (nSPS) is 20.4. The molecule has 0 aromatic carbocycles. The number of unbranched alkanes of at least 4 members (excludes halogenated alkanes) is 27. The van der Waals surface area contributed by atoms with Crippen molar-refractivity contribution in [3.63, 3.8) is 0 Å². The topological polar surface area (TPSA) is 149 Å². The zero-order valence-corrected chi connectivity index (χ0v) is 41.3. The second-order valence-electron chi connectivity index (χ2n) is 18.6. The zero-order chi connectivity index (χ0) is 46.6. The molecule has 0 radical (unpaired) electrons. The van der Waals surface area contributed by atoms with Crippen molar-refractivity contribution in [2.75, 3.05) is 13.2 Å². The zero-order valence-electron chi connectivity index (χ0n) is 41.3. The number of carbonyl (C=O) groups excluding carboxylic acids is 1. The van der Waals surface area contributed by atoms with E-state index in [1.165, 1.54) is 141 Å². The maximum Gasteiger partial charge on any atom is 0.220 e. The van der Waals surface area contributed by atoms with Crippen LogP contribution in [0.3, 0.4) is 0 Å². The molecule has 7 unspecified atom stereocenters. The van der Waals surface area contributed by atoms with Crippen molar-refractivity contribution in [3.05, 3.63) is 48.6 Å². The summed E-state index contributed by atoms with van der Waals surface area (Å²) >= 11 is 0.